The number of ether oxygens (including phenoxy) is 1. The summed E-state index contributed by atoms with van der Waals surface area (Å²) in [5.41, 5.74) is 0.697. The number of hydrogen-bond donors (Lipinski definition) is 2. The summed E-state index contributed by atoms with van der Waals surface area (Å²) in [6, 6.07) is 5.84. The number of carbonyl (C=O) groups is 3. The maximum Gasteiger partial charge on any atom is 0.328 e. The lowest BCUT2D eigenvalue weighted by Crippen LogP contribution is -2.50. The molecule has 1 aliphatic carbocycles. The molecule has 1 saturated carbocycles. The lowest BCUT2D eigenvalue weighted by molar-refractivity contribution is -0.153. The maximum atomic E-state index is 12.9. The Balaban J connectivity index is 1.35. The van der Waals surface area contributed by atoms with Gasteiger partial charge in [-0.2, -0.15) is 0 Å². The molecule has 2 unspecified atom stereocenters. The zero-order valence-corrected chi connectivity index (χ0v) is 20.3. The van der Waals surface area contributed by atoms with E-state index in [9.17, 15) is 19.5 Å². The van der Waals surface area contributed by atoms with Crippen LogP contribution in [-0.2, 0) is 14.3 Å². The van der Waals surface area contributed by atoms with E-state index in [2.05, 4.69) is 10.2 Å². The van der Waals surface area contributed by atoms with Crippen molar-refractivity contribution in [2.24, 2.45) is 5.41 Å². The first-order valence-electron chi connectivity index (χ1n) is 11.9. The van der Waals surface area contributed by atoms with Crippen LogP contribution in [0.2, 0.25) is 5.02 Å². The normalized spacial score (nSPS) is 23.4. The van der Waals surface area contributed by atoms with Gasteiger partial charge >= 0.3 is 12.0 Å². The first-order valence-corrected chi connectivity index (χ1v) is 12.3. The highest BCUT2D eigenvalue weighted by atomic mass is 35.5. The van der Waals surface area contributed by atoms with Gasteiger partial charge in [0.2, 0.25) is 5.91 Å². The number of amides is 3. The van der Waals surface area contributed by atoms with Crippen molar-refractivity contribution in [1.29, 1.82) is 0 Å². The van der Waals surface area contributed by atoms with E-state index in [1.807, 2.05) is 0 Å². The number of benzene rings is 1. The Labute approximate surface area is 205 Å². The van der Waals surface area contributed by atoms with E-state index in [-0.39, 0.29) is 43.0 Å². The number of nitrogens with zero attached hydrogens (tertiary/aromatic N) is 3. The molecule has 0 bridgehead atoms. The SMILES string of the molecule is COC(=O)C(CCN1CCC2(CC2)C(O)C1)N1CCN(C(=O)Nc2cccc(Cl)c2)CCC1=O. The van der Waals surface area contributed by atoms with E-state index >= 15 is 0 Å². The number of piperidine rings is 1. The predicted octanol–water partition coefficient (Wildman–Crippen LogP) is 2.18. The van der Waals surface area contributed by atoms with Crippen LogP contribution in [0.15, 0.2) is 24.3 Å². The minimum atomic E-state index is -0.720. The number of aliphatic hydroxyl groups excluding tert-OH is 1. The molecule has 9 nitrogen and oxygen atoms in total. The molecule has 186 valence electrons. The van der Waals surface area contributed by atoms with Gasteiger partial charge in [0.25, 0.3) is 0 Å². The first-order chi connectivity index (χ1) is 16.3. The van der Waals surface area contributed by atoms with Crippen LogP contribution in [0, 0.1) is 5.41 Å². The van der Waals surface area contributed by atoms with Crippen LogP contribution in [0.3, 0.4) is 0 Å². The van der Waals surface area contributed by atoms with E-state index in [0.717, 1.165) is 25.8 Å². The molecule has 4 rings (SSSR count). The van der Waals surface area contributed by atoms with E-state index in [4.69, 9.17) is 16.3 Å². The number of aliphatic hydroxyl groups is 1. The Bertz CT molecular complexity index is 924. The quantitative estimate of drug-likeness (QED) is 0.590. The minimum Gasteiger partial charge on any atom is -0.467 e. The van der Waals surface area contributed by atoms with Gasteiger partial charge in [-0.3, -0.25) is 4.79 Å². The number of halogens is 1. The van der Waals surface area contributed by atoms with Crippen molar-refractivity contribution in [3.63, 3.8) is 0 Å². The van der Waals surface area contributed by atoms with Crippen molar-refractivity contribution >= 4 is 35.2 Å². The van der Waals surface area contributed by atoms with E-state index < -0.39 is 12.0 Å². The van der Waals surface area contributed by atoms with Gasteiger partial charge in [-0.05, 0) is 55.8 Å². The summed E-state index contributed by atoms with van der Waals surface area (Å²) in [4.78, 5) is 43.6. The van der Waals surface area contributed by atoms with Crippen LogP contribution in [-0.4, -0.2) is 96.2 Å². The third kappa shape index (κ3) is 5.64. The second-order valence-electron chi connectivity index (χ2n) is 9.52. The summed E-state index contributed by atoms with van der Waals surface area (Å²) in [6.07, 6.45) is 3.38. The van der Waals surface area contributed by atoms with Crippen LogP contribution in [0.1, 0.15) is 32.1 Å². The summed E-state index contributed by atoms with van der Waals surface area (Å²) in [7, 11) is 1.32. The fraction of sp³-hybridized carbons (Fsp3) is 0.625. The molecular weight excluding hydrogens is 460 g/mol. The number of anilines is 1. The number of urea groups is 1. The highest BCUT2D eigenvalue weighted by Crippen LogP contribution is 2.53. The lowest BCUT2D eigenvalue weighted by atomic mass is 9.90. The number of likely N-dealkylation sites (tertiary alicyclic amines) is 1. The zero-order chi connectivity index (χ0) is 24.3. The van der Waals surface area contributed by atoms with Crippen molar-refractivity contribution in [3.05, 3.63) is 29.3 Å². The highest BCUT2D eigenvalue weighted by molar-refractivity contribution is 6.30. The van der Waals surface area contributed by atoms with Crippen molar-refractivity contribution in [2.75, 3.05) is 51.7 Å². The molecule has 0 radical (unpaired) electrons. The van der Waals surface area contributed by atoms with Gasteiger partial charge < -0.3 is 29.9 Å². The zero-order valence-electron chi connectivity index (χ0n) is 19.5. The molecular formula is C24H33ClN4O5. The molecule has 1 aromatic carbocycles. The molecule has 10 heteroatoms. The van der Waals surface area contributed by atoms with Gasteiger partial charge in [-0.25, -0.2) is 9.59 Å². The molecule has 34 heavy (non-hydrogen) atoms. The van der Waals surface area contributed by atoms with Gasteiger partial charge in [-0.15, -0.1) is 0 Å². The second-order valence-corrected chi connectivity index (χ2v) is 9.96. The summed E-state index contributed by atoms with van der Waals surface area (Å²) < 4.78 is 5.02. The third-order valence-electron chi connectivity index (χ3n) is 7.41. The Hall–Kier alpha value is -2.36. The molecule has 3 amide bonds. The average molecular weight is 493 g/mol. The minimum absolute atomic E-state index is 0.119. The van der Waals surface area contributed by atoms with Gasteiger partial charge in [0.1, 0.15) is 6.04 Å². The van der Waals surface area contributed by atoms with Gasteiger partial charge in [-0.1, -0.05) is 17.7 Å². The smallest absolute Gasteiger partial charge is 0.328 e. The van der Waals surface area contributed by atoms with Crippen LogP contribution < -0.4 is 5.32 Å². The summed E-state index contributed by atoms with van der Waals surface area (Å²) in [6.45, 7) is 2.88. The molecule has 2 heterocycles. The van der Waals surface area contributed by atoms with Crippen LogP contribution in [0.4, 0.5) is 10.5 Å². The largest absolute Gasteiger partial charge is 0.467 e. The summed E-state index contributed by atoms with van der Waals surface area (Å²) in [5, 5.41) is 13.8. The molecule has 2 atom stereocenters. The molecule has 0 aromatic heterocycles. The topological polar surface area (TPSA) is 102 Å². The fourth-order valence-corrected chi connectivity index (χ4v) is 5.20. The maximum absolute atomic E-state index is 12.9. The van der Waals surface area contributed by atoms with Crippen LogP contribution >= 0.6 is 11.6 Å². The molecule has 2 N–H and O–H groups in total. The molecule has 2 aliphatic heterocycles. The highest BCUT2D eigenvalue weighted by Gasteiger charge is 2.51. The molecule has 2 saturated heterocycles. The first kappa shape index (κ1) is 24.8. The predicted molar refractivity (Wildman–Crippen MR) is 128 cm³/mol. The van der Waals surface area contributed by atoms with Crippen molar-refractivity contribution in [1.82, 2.24) is 14.7 Å². The summed E-state index contributed by atoms with van der Waals surface area (Å²) in [5.74, 6) is -0.634. The average Bonchev–Trinajstić information content (AvgIpc) is 3.62. The number of β-amino-alcohol motifs (C(OH)–C–C–N with tert-alkyl or cyclic N) is 1. The Morgan fingerprint density at radius 3 is 2.71 bits per heavy atom. The summed E-state index contributed by atoms with van der Waals surface area (Å²) >= 11 is 5.99. The molecule has 1 aromatic rings. The lowest BCUT2D eigenvalue weighted by Gasteiger charge is -2.37. The second kappa shape index (κ2) is 10.5. The Morgan fingerprint density at radius 1 is 1.24 bits per heavy atom. The van der Waals surface area contributed by atoms with Gasteiger partial charge in [0.05, 0.1) is 13.2 Å². The monoisotopic (exact) mass is 492 g/mol. The number of rotatable bonds is 6. The number of carbonyl (C=O) groups excluding carboxylic acids is 3. The Kier molecular flexibility index (Phi) is 7.64. The number of esters is 1. The van der Waals surface area contributed by atoms with E-state index in [1.54, 1.807) is 34.1 Å². The van der Waals surface area contributed by atoms with E-state index in [0.29, 0.717) is 36.8 Å². The Morgan fingerprint density at radius 2 is 2.03 bits per heavy atom. The van der Waals surface area contributed by atoms with Gasteiger partial charge in [0.15, 0.2) is 0 Å². The van der Waals surface area contributed by atoms with Crippen LogP contribution in [0.5, 0.6) is 0 Å². The van der Waals surface area contributed by atoms with E-state index in [1.165, 1.54) is 7.11 Å². The third-order valence-corrected chi connectivity index (χ3v) is 7.65. The number of nitrogens with one attached hydrogen (secondary N) is 1. The number of hydrogen-bond acceptors (Lipinski definition) is 6. The van der Waals surface area contributed by atoms with Crippen molar-refractivity contribution < 1.29 is 24.2 Å². The number of methoxy groups -OCH3 is 1. The van der Waals surface area contributed by atoms with Crippen LogP contribution in [0.25, 0.3) is 0 Å². The fourth-order valence-electron chi connectivity index (χ4n) is 5.01. The van der Waals surface area contributed by atoms with Crippen molar-refractivity contribution in [3.8, 4) is 0 Å². The molecule has 3 aliphatic rings. The standard InChI is InChI=1S/C24H33ClN4O5/c1-34-22(32)19(5-10-27-12-9-24(7-8-24)20(30)16-27)29-14-13-28(11-6-21(29)31)23(33)26-18-4-2-3-17(25)15-18/h2-4,15,19-20,30H,5-14,16H2,1H3,(H,26,33). The van der Waals surface area contributed by atoms with Crippen molar-refractivity contribution in [2.45, 2.75) is 44.2 Å². The molecule has 3 fully saturated rings. The molecule has 1 spiro atoms. The van der Waals surface area contributed by atoms with Gasteiger partial charge in [0, 0.05) is 49.9 Å².